The third-order valence-corrected chi connectivity index (χ3v) is 5.00. The van der Waals surface area contributed by atoms with E-state index in [1.807, 2.05) is 0 Å². The molecule has 3 aromatic rings. The van der Waals surface area contributed by atoms with Gasteiger partial charge in [0.1, 0.15) is 17.2 Å². The van der Waals surface area contributed by atoms with Crippen LogP contribution in [0, 0.1) is 0 Å². The molecule has 152 valence electrons. The number of carbonyl (C=O) groups is 2. The van der Waals surface area contributed by atoms with E-state index < -0.39 is 11.6 Å². The van der Waals surface area contributed by atoms with Gasteiger partial charge in [0.25, 0.3) is 0 Å². The first kappa shape index (κ1) is 19.5. The first-order valence-corrected chi connectivity index (χ1v) is 9.75. The van der Waals surface area contributed by atoms with Crippen molar-refractivity contribution in [3.8, 4) is 23.0 Å². The second-order valence-corrected chi connectivity index (χ2v) is 7.04. The van der Waals surface area contributed by atoms with E-state index in [1.165, 1.54) is 6.07 Å². The molecular formula is C24H21NO5. The molecule has 0 unspecified atom stereocenters. The van der Waals surface area contributed by atoms with Crippen molar-refractivity contribution in [2.24, 2.45) is 0 Å². The van der Waals surface area contributed by atoms with Crippen LogP contribution in [0.1, 0.15) is 51.6 Å². The summed E-state index contributed by atoms with van der Waals surface area (Å²) in [5, 5.41) is 10.5. The first-order chi connectivity index (χ1) is 14.5. The highest BCUT2D eigenvalue weighted by molar-refractivity contribution is 6.31. The summed E-state index contributed by atoms with van der Waals surface area (Å²) in [6.07, 6.45) is 2.02. The van der Waals surface area contributed by atoms with Gasteiger partial charge in [-0.3, -0.25) is 9.59 Å². The lowest BCUT2D eigenvalue weighted by molar-refractivity contribution is 0.0977. The van der Waals surface area contributed by atoms with Crippen LogP contribution >= 0.6 is 0 Å². The SMILES string of the molecule is CCCCOc1ccc(Oc2cc(O)c3c(c2N)C(=O)c2ccccc2C3=O)cc1. The molecule has 6 heteroatoms. The third-order valence-electron chi connectivity index (χ3n) is 5.00. The minimum absolute atomic E-state index is 0.0129. The van der Waals surface area contributed by atoms with E-state index in [-0.39, 0.29) is 39.4 Å². The van der Waals surface area contributed by atoms with Gasteiger partial charge in [0, 0.05) is 17.2 Å². The summed E-state index contributed by atoms with van der Waals surface area (Å²) in [5.41, 5.74) is 6.60. The number of hydrogen-bond acceptors (Lipinski definition) is 6. The normalized spacial score (nSPS) is 12.3. The molecule has 0 amide bonds. The fourth-order valence-corrected chi connectivity index (χ4v) is 3.42. The lowest BCUT2D eigenvalue weighted by atomic mass is 9.82. The quantitative estimate of drug-likeness (QED) is 0.275. The maximum atomic E-state index is 13.0. The molecule has 0 heterocycles. The fourth-order valence-electron chi connectivity index (χ4n) is 3.42. The number of rotatable bonds is 6. The maximum absolute atomic E-state index is 13.0. The topological polar surface area (TPSA) is 98.8 Å². The van der Waals surface area contributed by atoms with Gasteiger partial charge in [0.2, 0.25) is 0 Å². The van der Waals surface area contributed by atoms with Crippen LogP contribution in [0.4, 0.5) is 5.69 Å². The Morgan fingerprint density at radius 3 is 2.13 bits per heavy atom. The van der Waals surface area contributed by atoms with Crippen LogP contribution in [0.3, 0.4) is 0 Å². The number of anilines is 1. The molecule has 1 aliphatic carbocycles. The highest BCUT2D eigenvalue weighted by Gasteiger charge is 2.35. The smallest absolute Gasteiger partial charge is 0.198 e. The Kier molecular flexibility index (Phi) is 5.14. The molecule has 0 fully saturated rings. The van der Waals surface area contributed by atoms with Crippen LogP contribution < -0.4 is 15.2 Å². The maximum Gasteiger partial charge on any atom is 0.198 e. The number of aromatic hydroxyl groups is 1. The number of benzene rings is 3. The molecule has 0 radical (unpaired) electrons. The molecule has 0 bridgehead atoms. The van der Waals surface area contributed by atoms with E-state index in [9.17, 15) is 14.7 Å². The summed E-state index contributed by atoms with van der Waals surface area (Å²) in [6, 6.07) is 14.7. The summed E-state index contributed by atoms with van der Waals surface area (Å²) in [6.45, 7) is 2.73. The molecule has 0 aliphatic heterocycles. The van der Waals surface area contributed by atoms with Gasteiger partial charge in [-0.05, 0) is 30.7 Å². The first-order valence-electron chi connectivity index (χ1n) is 9.75. The molecule has 0 saturated carbocycles. The number of ether oxygens (including phenoxy) is 2. The van der Waals surface area contributed by atoms with Gasteiger partial charge in [-0.2, -0.15) is 0 Å². The summed E-state index contributed by atoms with van der Waals surface area (Å²) < 4.78 is 11.4. The monoisotopic (exact) mass is 403 g/mol. The van der Waals surface area contributed by atoms with Crippen LogP contribution in [-0.4, -0.2) is 23.3 Å². The lowest BCUT2D eigenvalue weighted by Gasteiger charge is -2.21. The van der Waals surface area contributed by atoms with Crippen molar-refractivity contribution in [3.05, 3.63) is 76.9 Å². The molecule has 0 spiro atoms. The van der Waals surface area contributed by atoms with Gasteiger partial charge in [-0.1, -0.05) is 37.6 Å². The molecule has 0 aromatic heterocycles. The summed E-state index contributed by atoms with van der Waals surface area (Å²) in [4.78, 5) is 25.8. The van der Waals surface area contributed by atoms with Crippen molar-refractivity contribution in [2.45, 2.75) is 19.8 Å². The Hall–Kier alpha value is -3.80. The molecule has 6 nitrogen and oxygen atoms in total. The summed E-state index contributed by atoms with van der Waals surface area (Å²) >= 11 is 0. The average molecular weight is 403 g/mol. The zero-order valence-corrected chi connectivity index (χ0v) is 16.5. The second kappa shape index (κ2) is 7.91. The zero-order chi connectivity index (χ0) is 21.3. The number of phenolic OH excluding ortho intramolecular Hbond substituents is 1. The molecule has 0 atom stereocenters. The van der Waals surface area contributed by atoms with Crippen LogP contribution in [-0.2, 0) is 0 Å². The molecule has 30 heavy (non-hydrogen) atoms. The Bertz CT molecular complexity index is 1140. The van der Waals surface area contributed by atoms with Crippen molar-refractivity contribution in [3.63, 3.8) is 0 Å². The highest BCUT2D eigenvalue weighted by Crippen LogP contribution is 2.42. The predicted molar refractivity (Wildman–Crippen MR) is 113 cm³/mol. The number of unbranched alkanes of at least 4 members (excludes halogenated alkanes) is 1. The van der Waals surface area contributed by atoms with Crippen LogP contribution in [0.5, 0.6) is 23.0 Å². The molecule has 3 N–H and O–H groups in total. The number of nitrogens with two attached hydrogens (primary N) is 1. The molecule has 4 rings (SSSR count). The zero-order valence-electron chi connectivity index (χ0n) is 16.5. The van der Waals surface area contributed by atoms with E-state index in [0.29, 0.717) is 12.4 Å². The minimum atomic E-state index is -0.440. The van der Waals surface area contributed by atoms with Crippen molar-refractivity contribution >= 4 is 17.3 Å². The fraction of sp³-hybridized carbons (Fsp3) is 0.167. The van der Waals surface area contributed by atoms with Crippen molar-refractivity contribution < 1.29 is 24.2 Å². The predicted octanol–water partition coefficient (Wildman–Crippen LogP) is 4.72. The summed E-state index contributed by atoms with van der Waals surface area (Å²) in [7, 11) is 0. The average Bonchev–Trinajstić information content (AvgIpc) is 2.75. The van der Waals surface area contributed by atoms with E-state index >= 15 is 0 Å². The number of fused-ring (bicyclic) bond motifs is 2. The third kappa shape index (κ3) is 3.37. The molecular weight excluding hydrogens is 382 g/mol. The largest absolute Gasteiger partial charge is 0.507 e. The minimum Gasteiger partial charge on any atom is -0.507 e. The van der Waals surface area contributed by atoms with Gasteiger partial charge >= 0.3 is 0 Å². The van der Waals surface area contributed by atoms with Gasteiger partial charge in [0.05, 0.1) is 23.4 Å². The number of carbonyl (C=O) groups excluding carboxylic acids is 2. The van der Waals surface area contributed by atoms with Gasteiger partial charge in [-0.25, -0.2) is 0 Å². The van der Waals surface area contributed by atoms with Crippen LogP contribution in [0.25, 0.3) is 0 Å². The molecule has 1 aliphatic rings. The Morgan fingerprint density at radius 1 is 0.900 bits per heavy atom. The van der Waals surface area contributed by atoms with E-state index in [4.69, 9.17) is 15.2 Å². The van der Waals surface area contributed by atoms with E-state index in [1.54, 1.807) is 48.5 Å². The van der Waals surface area contributed by atoms with Gasteiger partial charge in [0.15, 0.2) is 17.3 Å². The van der Waals surface area contributed by atoms with Crippen molar-refractivity contribution in [1.82, 2.24) is 0 Å². The van der Waals surface area contributed by atoms with Gasteiger partial charge < -0.3 is 20.3 Å². The number of nitrogen functional groups attached to an aromatic ring is 1. The number of ketones is 2. The van der Waals surface area contributed by atoms with Crippen LogP contribution in [0.2, 0.25) is 0 Å². The Labute approximate surface area is 173 Å². The summed E-state index contributed by atoms with van der Waals surface area (Å²) in [5.74, 6) is 0.0731. The van der Waals surface area contributed by atoms with Crippen molar-refractivity contribution in [2.75, 3.05) is 12.3 Å². The molecule has 3 aromatic carbocycles. The number of hydrogen-bond donors (Lipinski definition) is 2. The lowest BCUT2D eigenvalue weighted by Crippen LogP contribution is -2.22. The van der Waals surface area contributed by atoms with Gasteiger partial charge in [-0.15, -0.1) is 0 Å². The van der Waals surface area contributed by atoms with E-state index in [0.717, 1.165) is 18.6 Å². The molecule has 0 saturated heterocycles. The number of phenols is 1. The highest BCUT2D eigenvalue weighted by atomic mass is 16.5. The Balaban J connectivity index is 1.66. The second-order valence-electron chi connectivity index (χ2n) is 7.04. The standard InChI is InChI=1S/C24H21NO5/c1-2-3-12-29-14-8-10-15(11-9-14)30-19-13-18(26)20-21(22(19)25)24(28)17-7-5-4-6-16(17)23(20)27/h4-11,13,26H,2-3,12,25H2,1H3. The van der Waals surface area contributed by atoms with Crippen LogP contribution in [0.15, 0.2) is 54.6 Å². The van der Waals surface area contributed by atoms with E-state index in [2.05, 4.69) is 6.92 Å². The Morgan fingerprint density at radius 2 is 1.50 bits per heavy atom. The van der Waals surface area contributed by atoms with Crippen molar-refractivity contribution in [1.29, 1.82) is 0 Å².